The number of carboxylic acid groups (broad SMARTS) is 2. The van der Waals surface area contributed by atoms with Gasteiger partial charge in [0, 0.05) is 13.1 Å². The first kappa shape index (κ1) is 41.7. The van der Waals surface area contributed by atoms with Crippen LogP contribution in [0.3, 0.4) is 0 Å². The standard InChI is InChI=1S/C31H55NO14/c33-29(34)8-12-38-16-20-42-24-26-44-22-18-40-14-10-32(31(37)46-28-6-4-2-1-3-5-7-28)11-15-41-19-23-45-27-25-43-21-17-39-13-9-30(35)36/h1-2,28H,3-27H2,(H,33,34)(H,35,36). The van der Waals surface area contributed by atoms with Crippen molar-refractivity contribution >= 4 is 18.0 Å². The van der Waals surface area contributed by atoms with Crippen molar-refractivity contribution in [1.29, 1.82) is 0 Å². The topological polar surface area (TPSA) is 178 Å². The van der Waals surface area contributed by atoms with E-state index in [1.165, 1.54) is 0 Å². The quantitative estimate of drug-likeness (QED) is 0.0815. The molecule has 15 heteroatoms. The normalized spacial score (nSPS) is 14.9. The Bertz CT molecular complexity index is 742. The molecule has 0 spiro atoms. The third kappa shape index (κ3) is 27.9. The van der Waals surface area contributed by atoms with Crippen molar-refractivity contribution in [3.63, 3.8) is 0 Å². The molecular weight excluding hydrogens is 610 g/mol. The molecule has 0 bridgehead atoms. The van der Waals surface area contributed by atoms with E-state index in [-0.39, 0.29) is 38.3 Å². The molecule has 1 unspecified atom stereocenters. The van der Waals surface area contributed by atoms with Crippen LogP contribution < -0.4 is 0 Å². The van der Waals surface area contributed by atoms with Gasteiger partial charge in [-0.3, -0.25) is 9.59 Å². The molecular formula is C31H55NO14. The van der Waals surface area contributed by atoms with Crippen molar-refractivity contribution in [2.24, 2.45) is 0 Å². The van der Waals surface area contributed by atoms with Gasteiger partial charge in [0.25, 0.3) is 0 Å². The minimum atomic E-state index is -0.893. The maximum absolute atomic E-state index is 13.0. The summed E-state index contributed by atoms with van der Waals surface area (Å²) >= 11 is 0. The monoisotopic (exact) mass is 665 g/mol. The third-order valence-corrected chi connectivity index (χ3v) is 6.41. The Morgan fingerprint density at radius 2 is 0.891 bits per heavy atom. The van der Waals surface area contributed by atoms with Gasteiger partial charge in [0.2, 0.25) is 0 Å². The predicted octanol–water partition coefficient (Wildman–Crippen LogP) is 2.40. The Morgan fingerprint density at radius 1 is 0.522 bits per heavy atom. The van der Waals surface area contributed by atoms with Gasteiger partial charge in [0.05, 0.1) is 119 Å². The molecule has 0 aromatic carbocycles. The van der Waals surface area contributed by atoms with Gasteiger partial charge < -0.3 is 57.7 Å². The smallest absolute Gasteiger partial charge is 0.410 e. The van der Waals surface area contributed by atoms with E-state index in [1.807, 2.05) is 0 Å². The average Bonchev–Trinajstić information content (AvgIpc) is 3.01. The van der Waals surface area contributed by atoms with E-state index in [4.69, 9.17) is 52.8 Å². The number of carboxylic acids is 2. The number of aliphatic carboxylic acids is 2. The summed E-state index contributed by atoms with van der Waals surface area (Å²) in [5.74, 6) is -1.79. The molecule has 1 rings (SSSR count). The molecule has 0 saturated heterocycles. The van der Waals surface area contributed by atoms with Gasteiger partial charge >= 0.3 is 18.0 Å². The second kappa shape index (κ2) is 31.2. The van der Waals surface area contributed by atoms with E-state index in [9.17, 15) is 14.4 Å². The fraction of sp³-hybridized carbons (Fsp3) is 0.839. The summed E-state index contributed by atoms with van der Waals surface area (Å²) < 4.78 is 49.1. The summed E-state index contributed by atoms with van der Waals surface area (Å²) in [6, 6.07) is 0. The fourth-order valence-corrected chi connectivity index (χ4v) is 3.95. The Hall–Kier alpha value is -2.37. The molecule has 0 aromatic rings. The summed E-state index contributed by atoms with van der Waals surface area (Å²) in [6.07, 6.45) is 8.30. The van der Waals surface area contributed by atoms with Crippen LogP contribution in [0.5, 0.6) is 0 Å². The molecule has 1 aliphatic rings. The van der Waals surface area contributed by atoms with E-state index in [2.05, 4.69) is 12.2 Å². The lowest BCUT2D eigenvalue weighted by molar-refractivity contribution is -0.139. The largest absolute Gasteiger partial charge is 0.481 e. The van der Waals surface area contributed by atoms with Crippen LogP contribution in [-0.2, 0) is 52.2 Å². The number of nitrogens with zero attached hydrogens (tertiary/aromatic N) is 1. The highest BCUT2D eigenvalue weighted by molar-refractivity contribution is 5.68. The molecule has 2 N–H and O–H groups in total. The van der Waals surface area contributed by atoms with Crippen LogP contribution in [0.1, 0.15) is 44.9 Å². The van der Waals surface area contributed by atoms with Crippen LogP contribution in [0.25, 0.3) is 0 Å². The Labute approximate surface area is 272 Å². The number of carbonyl (C=O) groups is 3. The second-order valence-corrected chi connectivity index (χ2v) is 10.2. The van der Waals surface area contributed by atoms with Crippen molar-refractivity contribution in [1.82, 2.24) is 4.90 Å². The second-order valence-electron chi connectivity index (χ2n) is 10.2. The Balaban J connectivity index is 2.17. The minimum absolute atomic E-state index is 0.0271. The number of rotatable bonds is 31. The van der Waals surface area contributed by atoms with E-state index in [0.717, 1.165) is 32.1 Å². The van der Waals surface area contributed by atoms with Crippen LogP contribution in [0.4, 0.5) is 4.79 Å². The first-order valence-electron chi connectivity index (χ1n) is 16.1. The van der Waals surface area contributed by atoms with Crippen molar-refractivity contribution in [3.8, 4) is 0 Å². The third-order valence-electron chi connectivity index (χ3n) is 6.41. The number of carbonyl (C=O) groups excluding carboxylic acids is 1. The number of amides is 1. The van der Waals surface area contributed by atoms with E-state index < -0.39 is 11.9 Å². The zero-order chi connectivity index (χ0) is 33.3. The number of ether oxygens (including phenoxy) is 9. The van der Waals surface area contributed by atoms with Crippen LogP contribution in [0.15, 0.2) is 12.2 Å². The van der Waals surface area contributed by atoms with Gasteiger partial charge in [-0.05, 0) is 32.1 Å². The average molecular weight is 666 g/mol. The minimum Gasteiger partial charge on any atom is -0.481 e. The van der Waals surface area contributed by atoms with Gasteiger partial charge in [0.15, 0.2) is 0 Å². The van der Waals surface area contributed by atoms with Gasteiger partial charge in [-0.25, -0.2) is 4.79 Å². The molecule has 0 radical (unpaired) electrons. The van der Waals surface area contributed by atoms with Gasteiger partial charge in [-0.1, -0.05) is 12.2 Å². The highest BCUT2D eigenvalue weighted by atomic mass is 16.6. The molecule has 1 aliphatic carbocycles. The fourth-order valence-electron chi connectivity index (χ4n) is 3.95. The number of allylic oxidation sites excluding steroid dienone is 2. The first-order valence-corrected chi connectivity index (χ1v) is 16.1. The molecule has 1 atom stereocenters. The SMILES string of the molecule is O=C(O)CCOCCOCCOCCOCCN(CCOCCOCCOCCOCCC(=O)O)C(=O)OC1CCC=CCCC1. The van der Waals surface area contributed by atoms with Crippen LogP contribution in [-0.4, -0.2) is 158 Å². The Kier molecular flexibility index (Phi) is 28.3. The van der Waals surface area contributed by atoms with Crippen LogP contribution >= 0.6 is 0 Å². The summed E-state index contributed by atoms with van der Waals surface area (Å²) in [7, 11) is 0. The maximum atomic E-state index is 13.0. The number of hydrogen-bond acceptors (Lipinski definition) is 12. The zero-order valence-corrected chi connectivity index (χ0v) is 27.2. The van der Waals surface area contributed by atoms with Crippen molar-refractivity contribution in [2.75, 3.05) is 119 Å². The van der Waals surface area contributed by atoms with E-state index in [1.54, 1.807) is 4.90 Å². The summed E-state index contributed by atoms with van der Waals surface area (Å²) in [5, 5.41) is 17.1. The number of hydrogen-bond donors (Lipinski definition) is 2. The van der Waals surface area contributed by atoms with E-state index >= 15 is 0 Å². The molecule has 46 heavy (non-hydrogen) atoms. The highest BCUT2D eigenvalue weighted by Gasteiger charge is 2.20. The van der Waals surface area contributed by atoms with E-state index in [0.29, 0.717) is 106 Å². The molecule has 0 aromatic heterocycles. The lowest BCUT2D eigenvalue weighted by Crippen LogP contribution is -2.39. The van der Waals surface area contributed by atoms with Crippen molar-refractivity contribution in [3.05, 3.63) is 12.2 Å². The van der Waals surface area contributed by atoms with Crippen LogP contribution in [0, 0.1) is 0 Å². The highest BCUT2D eigenvalue weighted by Crippen LogP contribution is 2.16. The summed E-state index contributed by atoms with van der Waals surface area (Å²) in [6.45, 7) is 6.16. The van der Waals surface area contributed by atoms with Crippen molar-refractivity contribution in [2.45, 2.75) is 51.0 Å². The lowest BCUT2D eigenvalue weighted by atomic mass is 10.0. The molecule has 268 valence electrons. The molecule has 15 nitrogen and oxygen atoms in total. The maximum Gasteiger partial charge on any atom is 0.410 e. The zero-order valence-electron chi connectivity index (χ0n) is 27.2. The molecule has 0 fully saturated rings. The summed E-state index contributed by atoms with van der Waals surface area (Å²) in [4.78, 5) is 35.4. The van der Waals surface area contributed by atoms with Gasteiger partial charge in [0.1, 0.15) is 6.10 Å². The lowest BCUT2D eigenvalue weighted by Gasteiger charge is -2.26. The predicted molar refractivity (Wildman–Crippen MR) is 165 cm³/mol. The molecule has 1 amide bonds. The van der Waals surface area contributed by atoms with Crippen LogP contribution in [0.2, 0.25) is 0 Å². The molecule has 0 heterocycles. The molecule has 0 aliphatic heterocycles. The molecule has 0 saturated carbocycles. The van der Waals surface area contributed by atoms with Gasteiger partial charge in [-0.2, -0.15) is 0 Å². The Morgan fingerprint density at radius 3 is 1.30 bits per heavy atom. The summed E-state index contributed by atoms with van der Waals surface area (Å²) in [5.41, 5.74) is 0. The van der Waals surface area contributed by atoms with Gasteiger partial charge in [-0.15, -0.1) is 0 Å². The van der Waals surface area contributed by atoms with Crippen molar-refractivity contribution < 1.29 is 67.2 Å². The first-order chi connectivity index (χ1) is 22.5.